The molecule has 0 aromatic carbocycles. The van der Waals surface area contributed by atoms with Gasteiger partial charge in [-0.2, -0.15) is 0 Å². The van der Waals surface area contributed by atoms with E-state index in [4.69, 9.17) is 4.74 Å². The van der Waals surface area contributed by atoms with E-state index in [2.05, 4.69) is 25.4 Å². The van der Waals surface area contributed by atoms with Gasteiger partial charge in [0.05, 0.1) is 13.2 Å². The highest BCUT2D eigenvalue weighted by Crippen LogP contribution is 2.17. The van der Waals surface area contributed by atoms with Crippen LogP contribution in [0.25, 0.3) is 0 Å². The van der Waals surface area contributed by atoms with Gasteiger partial charge in [-0.25, -0.2) is 9.78 Å². The number of hydrogen-bond acceptors (Lipinski definition) is 5. The van der Waals surface area contributed by atoms with E-state index in [0.29, 0.717) is 13.1 Å². The number of morpholine rings is 1. The van der Waals surface area contributed by atoms with Crippen molar-refractivity contribution >= 4 is 11.8 Å². The van der Waals surface area contributed by atoms with Gasteiger partial charge in [-0.3, -0.25) is 4.90 Å². The zero-order chi connectivity index (χ0) is 17.3. The van der Waals surface area contributed by atoms with Crippen LogP contribution in [0.1, 0.15) is 24.8 Å². The Balaban J connectivity index is 1.29. The second kappa shape index (κ2) is 9.58. The molecule has 0 saturated carbocycles. The lowest BCUT2D eigenvalue weighted by Gasteiger charge is -2.26. The lowest BCUT2D eigenvalue weighted by atomic mass is 10.3. The van der Waals surface area contributed by atoms with Crippen LogP contribution in [0, 0.1) is 0 Å². The average molecular weight is 347 g/mol. The van der Waals surface area contributed by atoms with Crippen LogP contribution in [0.3, 0.4) is 0 Å². The van der Waals surface area contributed by atoms with Crippen molar-refractivity contribution in [1.82, 2.24) is 20.5 Å². The molecule has 3 rings (SSSR count). The van der Waals surface area contributed by atoms with Crippen LogP contribution in [0.15, 0.2) is 18.3 Å². The Bertz CT molecular complexity index is 525. The molecule has 138 valence electrons. The van der Waals surface area contributed by atoms with E-state index in [1.165, 1.54) is 12.8 Å². The Morgan fingerprint density at radius 1 is 1.12 bits per heavy atom. The number of rotatable bonds is 7. The molecule has 2 aliphatic heterocycles. The summed E-state index contributed by atoms with van der Waals surface area (Å²) in [5.74, 6) is 1.04. The predicted octanol–water partition coefficient (Wildman–Crippen LogP) is 1.20. The van der Waals surface area contributed by atoms with Gasteiger partial charge in [-0.05, 0) is 37.4 Å². The van der Waals surface area contributed by atoms with Gasteiger partial charge >= 0.3 is 6.03 Å². The predicted molar refractivity (Wildman–Crippen MR) is 97.8 cm³/mol. The molecule has 1 aromatic rings. The van der Waals surface area contributed by atoms with E-state index in [0.717, 1.165) is 63.7 Å². The van der Waals surface area contributed by atoms with Crippen molar-refractivity contribution in [3.05, 3.63) is 23.9 Å². The van der Waals surface area contributed by atoms with Crippen LogP contribution in [0.5, 0.6) is 0 Å². The van der Waals surface area contributed by atoms with Crippen LogP contribution >= 0.6 is 0 Å². The summed E-state index contributed by atoms with van der Waals surface area (Å²) in [7, 11) is 0. The van der Waals surface area contributed by atoms with Crippen LogP contribution < -0.4 is 15.5 Å². The van der Waals surface area contributed by atoms with E-state index >= 15 is 0 Å². The number of nitrogens with one attached hydrogen (secondary N) is 2. The molecule has 0 radical (unpaired) electrons. The summed E-state index contributed by atoms with van der Waals surface area (Å²) < 4.78 is 5.33. The molecule has 0 aliphatic carbocycles. The molecule has 0 atom stereocenters. The number of anilines is 1. The summed E-state index contributed by atoms with van der Waals surface area (Å²) >= 11 is 0. The van der Waals surface area contributed by atoms with Crippen LogP contribution in [0.4, 0.5) is 10.6 Å². The minimum absolute atomic E-state index is 0.120. The fourth-order valence-electron chi connectivity index (χ4n) is 3.23. The number of ether oxygens (including phenoxy) is 1. The van der Waals surface area contributed by atoms with Crippen LogP contribution in [-0.4, -0.2) is 68.4 Å². The third-order valence-electron chi connectivity index (χ3n) is 4.73. The first kappa shape index (κ1) is 17.9. The molecule has 0 unspecified atom stereocenters. The maximum atomic E-state index is 11.9. The topological polar surface area (TPSA) is 69.7 Å². The lowest BCUT2D eigenvalue weighted by Crippen LogP contribution is -2.39. The van der Waals surface area contributed by atoms with Gasteiger partial charge in [-0.15, -0.1) is 0 Å². The molecule has 7 nitrogen and oxygen atoms in total. The molecule has 2 fully saturated rings. The first-order valence-electron chi connectivity index (χ1n) is 9.33. The van der Waals surface area contributed by atoms with Crippen LogP contribution in [-0.2, 0) is 11.3 Å². The smallest absolute Gasteiger partial charge is 0.315 e. The minimum Gasteiger partial charge on any atom is -0.379 e. The summed E-state index contributed by atoms with van der Waals surface area (Å²) in [4.78, 5) is 21.0. The van der Waals surface area contributed by atoms with Crippen molar-refractivity contribution in [3.8, 4) is 0 Å². The van der Waals surface area contributed by atoms with E-state index in [-0.39, 0.29) is 6.03 Å². The number of pyridine rings is 1. The van der Waals surface area contributed by atoms with Crippen molar-refractivity contribution in [2.45, 2.75) is 25.8 Å². The zero-order valence-electron chi connectivity index (χ0n) is 14.9. The Kier molecular flexibility index (Phi) is 6.88. The number of nitrogens with zero attached hydrogens (tertiary/aromatic N) is 3. The van der Waals surface area contributed by atoms with Gasteiger partial charge in [0.2, 0.25) is 0 Å². The van der Waals surface area contributed by atoms with Crippen molar-refractivity contribution in [1.29, 1.82) is 0 Å². The molecule has 2 saturated heterocycles. The maximum Gasteiger partial charge on any atom is 0.315 e. The van der Waals surface area contributed by atoms with E-state index in [1.807, 2.05) is 18.3 Å². The number of urea groups is 1. The van der Waals surface area contributed by atoms with Crippen molar-refractivity contribution in [3.63, 3.8) is 0 Å². The second-order valence-electron chi connectivity index (χ2n) is 6.64. The fourth-order valence-corrected chi connectivity index (χ4v) is 3.23. The average Bonchev–Trinajstić information content (AvgIpc) is 3.20. The molecule has 7 heteroatoms. The summed E-state index contributed by atoms with van der Waals surface area (Å²) in [5.41, 5.74) is 1.02. The van der Waals surface area contributed by atoms with Gasteiger partial charge in [-0.1, -0.05) is 6.07 Å². The Hall–Kier alpha value is -1.86. The number of aromatic nitrogens is 1. The molecule has 2 aliphatic rings. The molecule has 0 spiro atoms. The molecule has 2 N–H and O–H groups in total. The van der Waals surface area contributed by atoms with Crippen molar-refractivity contribution < 1.29 is 9.53 Å². The van der Waals surface area contributed by atoms with E-state index in [9.17, 15) is 4.79 Å². The largest absolute Gasteiger partial charge is 0.379 e. The SMILES string of the molecule is O=C(NCCCN1CCOCC1)NCc1ccc(N2CCCC2)nc1. The highest BCUT2D eigenvalue weighted by Gasteiger charge is 2.13. The summed E-state index contributed by atoms with van der Waals surface area (Å²) in [6, 6.07) is 3.97. The van der Waals surface area contributed by atoms with Gasteiger partial charge in [0.15, 0.2) is 0 Å². The summed E-state index contributed by atoms with van der Waals surface area (Å²) in [6.45, 7) is 8.01. The molecular weight excluding hydrogens is 318 g/mol. The number of carbonyl (C=O) groups is 1. The zero-order valence-corrected chi connectivity index (χ0v) is 14.9. The highest BCUT2D eigenvalue weighted by molar-refractivity contribution is 5.73. The fraction of sp³-hybridized carbons (Fsp3) is 0.667. The van der Waals surface area contributed by atoms with Gasteiger partial charge in [0.25, 0.3) is 0 Å². The van der Waals surface area contributed by atoms with Gasteiger partial charge in [0, 0.05) is 45.5 Å². The monoisotopic (exact) mass is 347 g/mol. The Labute approximate surface area is 149 Å². The Morgan fingerprint density at radius 3 is 2.64 bits per heavy atom. The molecule has 3 heterocycles. The first-order chi connectivity index (χ1) is 12.3. The molecule has 25 heavy (non-hydrogen) atoms. The summed E-state index contributed by atoms with van der Waals surface area (Å²) in [6.07, 6.45) is 5.30. The van der Waals surface area contributed by atoms with Gasteiger partial charge < -0.3 is 20.3 Å². The second-order valence-corrected chi connectivity index (χ2v) is 6.64. The lowest BCUT2D eigenvalue weighted by molar-refractivity contribution is 0.0375. The molecule has 1 aromatic heterocycles. The highest BCUT2D eigenvalue weighted by atomic mass is 16.5. The molecule has 2 amide bonds. The molecular formula is C18H29N5O2. The minimum atomic E-state index is -0.120. The standard InChI is InChI=1S/C18H29N5O2/c24-18(19-6-3-7-22-10-12-25-13-11-22)21-15-16-4-5-17(20-14-16)23-8-1-2-9-23/h4-5,14H,1-3,6-13,15H2,(H2,19,21,24). The Morgan fingerprint density at radius 2 is 1.92 bits per heavy atom. The first-order valence-corrected chi connectivity index (χ1v) is 9.33. The summed E-state index contributed by atoms with van der Waals surface area (Å²) in [5, 5.41) is 5.80. The van der Waals surface area contributed by atoms with Crippen molar-refractivity contribution in [2.75, 3.05) is 57.4 Å². The maximum absolute atomic E-state index is 11.9. The number of hydrogen-bond donors (Lipinski definition) is 2. The third kappa shape index (κ3) is 5.86. The van der Waals surface area contributed by atoms with Crippen molar-refractivity contribution in [2.24, 2.45) is 0 Å². The quantitative estimate of drug-likeness (QED) is 0.726. The van der Waals surface area contributed by atoms with E-state index in [1.54, 1.807) is 0 Å². The number of carbonyl (C=O) groups excluding carboxylic acids is 1. The number of amides is 2. The van der Waals surface area contributed by atoms with E-state index < -0.39 is 0 Å². The van der Waals surface area contributed by atoms with Crippen LogP contribution in [0.2, 0.25) is 0 Å². The molecule has 0 bridgehead atoms. The van der Waals surface area contributed by atoms with Gasteiger partial charge in [0.1, 0.15) is 5.82 Å². The third-order valence-corrected chi connectivity index (χ3v) is 4.73. The normalized spacial score (nSPS) is 18.3.